The van der Waals surface area contributed by atoms with Crippen LogP contribution in [0.25, 0.3) is 0 Å². The van der Waals surface area contributed by atoms with Crippen LogP contribution in [0, 0.1) is 30.6 Å². The number of rotatable bonds is 16. The summed E-state index contributed by atoms with van der Waals surface area (Å²) in [6.07, 6.45) is 14.0. The normalized spacial score (nSPS) is 15.2. The summed E-state index contributed by atoms with van der Waals surface area (Å²) >= 11 is 0. The molecule has 180 valence electrons. The summed E-state index contributed by atoms with van der Waals surface area (Å²) in [7, 11) is -4.13. The molecule has 0 aromatic heterocycles. The molecule has 0 bridgehead atoms. The Bertz CT molecular complexity index is 724. The predicted molar refractivity (Wildman–Crippen MR) is 133 cm³/mol. The van der Waals surface area contributed by atoms with Gasteiger partial charge in [-0.1, -0.05) is 98.5 Å². The zero-order valence-corrected chi connectivity index (χ0v) is 21.8. The maximum absolute atomic E-state index is 11.4. The van der Waals surface area contributed by atoms with Gasteiger partial charge in [0.25, 0.3) is 10.1 Å². The minimum atomic E-state index is -4.13. The highest BCUT2D eigenvalue weighted by atomic mass is 32.2. The fourth-order valence-corrected chi connectivity index (χ4v) is 4.95. The van der Waals surface area contributed by atoms with Crippen LogP contribution < -0.4 is 0 Å². The van der Waals surface area contributed by atoms with E-state index in [1.165, 1.54) is 63.9 Å². The Morgan fingerprint density at radius 2 is 1.19 bits per heavy atom. The molecule has 0 aliphatic carbocycles. The minimum Gasteiger partial charge on any atom is -0.282 e. The number of aryl methyl sites for hydroxylation is 2. The van der Waals surface area contributed by atoms with Crippen molar-refractivity contribution in [3.63, 3.8) is 0 Å². The predicted octanol–water partition coefficient (Wildman–Crippen LogP) is 8.25. The SMILES string of the molecule is Cc1ccc(S(=O)(=O)O)cc1CCC(C)CCC[C@H](C)CCC[C@H](C)CCCC(C)C. The summed E-state index contributed by atoms with van der Waals surface area (Å²) in [5.41, 5.74) is 2.12. The van der Waals surface area contributed by atoms with Crippen LogP contribution >= 0.6 is 0 Å². The molecule has 1 N–H and O–H groups in total. The van der Waals surface area contributed by atoms with Crippen LogP contribution in [0.2, 0.25) is 0 Å². The Labute approximate surface area is 193 Å². The summed E-state index contributed by atoms with van der Waals surface area (Å²) < 4.78 is 32.0. The van der Waals surface area contributed by atoms with Gasteiger partial charge in [0.05, 0.1) is 4.90 Å². The first-order valence-corrected chi connectivity index (χ1v) is 14.0. The highest BCUT2D eigenvalue weighted by Crippen LogP contribution is 2.24. The van der Waals surface area contributed by atoms with Gasteiger partial charge in [0, 0.05) is 0 Å². The lowest BCUT2D eigenvalue weighted by atomic mass is 9.90. The highest BCUT2D eigenvalue weighted by Gasteiger charge is 2.13. The topological polar surface area (TPSA) is 54.4 Å². The Morgan fingerprint density at radius 3 is 1.65 bits per heavy atom. The number of hydrogen-bond acceptors (Lipinski definition) is 2. The number of hydrogen-bond donors (Lipinski definition) is 1. The van der Waals surface area contributed by atoms with Gasteiger partial charge in [-0.25, -0.2) is 0 Å². The molecule has 0 radical (unpaired) electrons. The van der Waals surface area contributed by atoms with Gasteiger partial charge < -0.3 is 0 Å². The summed E-state index contributed by atoms with van der Waals surface area (Å²) in [4.78, 5) is 0.00354. The molecule has 1 aromatic carbocycles. The average molecular weight is 453 g/mol. The van der Waals surface area contributed by atoms with Crippen LogP contribution in [0.5, 0.6) is 0 Å². The molecule has 0 spiro atoms. The molecule has 0 fully saturated rings. The molecule has 1 unspecified atom stereocenters. The molecule has 0 heterocycles. The Kier molecular flexibility index (Phi) is 13.0. The summed E-state index contributed by atoms with van der Waals surface area (Å²) in [6, 6.07) is 4.89. The zero-order chi connectivity index (χ0) is 23.4. The quantitative estimate of drug-likeness (QED) is 0.257. The molecule has 3 atom stereocenters. The van der Waals surface area contributed by atoms with Gasteiger partial charge in [0.1, 0.15) is 0 Å². The van der Waals surface area contributed by atoms with E-state index in [4.69, 9.17) is 0 Å². The van der Waals surface area contributed by atoms with E-state index < -0.39 is 10.1 Å². The number of benzene rings is 1. The van der Waals surface area contributed by atoms with Gasteiger partial charge in [0.2, 0.25) is 0 Å². The Balaban J connectivity index is 2.22. The van der Waals surface area contributed by atoms with E-state index >= 15 is 0 Å². The van der Waals surface area contributed by atoms with Crippen LogP contribution in [-0.2, 0) is 16.5 Å². The summed E-state index contributed by atoms with van der Waals surface area (Å²) in [5, 5.41) is 0. The van der Waals surface area contributed by atoms with Crippen molar-refractivity contribution >= 4 is 10.1 Å². The standard InChI is InChI=1S/C27H48O3S/c1-21(2)10-7-11-22(3)12-8-13-23(4)14-9-15-24(5)16-18-26-20-27(31(28,29)30)19-17-25(26)6/h17,19-24H,7-16,18H2,1-6H3,(H,28,29,30)/t22-,23-,24?/m1/s1. The van der Waals surface area contributed by atoms with Crippen LogP contribution in [0.3, 0.4) is 0 Å². The van der Waals surface area contributed by atoms with Gasteiger partial charge in [-0.2, -0.15) is 8.42 Å². The van der Waals surface area contributed by atoms with Gasteiger partial charge in [0.15, 0.2) is 0 Å². The maximum atomic E-state index is 11.4. The van der Waals surface area contributed by atoms with Crippen molar-refractivity contribution in [2.75, 3.05) is 0 Å². The van der Waals surface area contributed by atoms with Crippen LogP contribution in [0.1, 0.15) is 110 Å². The van der Waals surface area contributed by atoms with E-state index in [0.717, 1.165) is 41.7 Å². The molecule has 4 heteroatoms. The van der Waals surface area contributed by atoms with Crippen molar-refractivity contribution in [1.29, 1.82) is 0 Å². The zero-order valence-electron chi connectivity index (χ0n) is 21.0. The van der Waals surface area contributed by atoms with Gasteiger partial charge in [-0.05, 0) is 66.7 Å². The van der Waals surface area contributed by atoms with Gasteiger partial charge >= 0.3 is 0 Å². The molecular weight excluding hydrogens is 404 g/mol. The van der Waals surface area contributed by atoms with Crippen molar-refractivity contribution in [2.24, 2.45) is 23.7 Å². The largest absolute Gasteiger partial charge is 0.294 e. The second kappa shape index (κ2) is 14.3. The first-order chi connectivity index (χ1) is 14.5. The Morgan fingerprint density at radius 1 is 0.742 bits per heavy atom. The monoisotopic (exact) mass is 452 g/mol. The molecule has 3 nitrogen and oxygen atoms in total. The fraction of sp³-hybridized carbons (Fsp3) is 0.778. The van der Waals surface area contributed by atoms with Crippen LogP contribution in [0.15, 0.2) is 23.1 Å². The first-order valence-electron chi connectivity index (χ1n) is 12.6. The minimum absolute atomic E-state index is 0.00354. The molecule has 1 rings (SSSR count). The summed E-state index contributed by atoms with van der Waals surface area (Å²) in [5.74, 6) is 3.14. The smallest absolute Gasteiger partial charge is 0.282 e. The third kappa shape index (κ3) is 12.7. The maximum Gasteiger partial charge on any atom is 0.294 e. The van der Waals surface area contributed by atoms with E-state index in [9.17, 15) is 13.0 Å². The highest BCUT2D eigenvalue weighted by molar-refractivity contribution is 7.85. The van der Waals surface area contributed by atoms with Gasteiger partial charge in [-0.3, -0.25) is 4.55 Å². The molecule has 1 aromatic rings. The van der Waals surface area contributed by atoms with Crippen molar-refractivity contribution in [2.45, 2.75) is 117 Å². The van der Waals surface area contributed by atoms with E-state index in [1.807, 2.05) is 6.92 Å². The van der Waals surface area contributed by atoms with E-state index in [2.05, 4.69) is 34.6 Å². The third-order valence-electron chi connectivity index (χ3n) is 6.79. The second-order valence-corrected chi connectivity index (χ2v) is 12.0. The first kappa shape index (κ1) is 28.2. The lowest BCUT2D eigenvalue weighted by Crippen LogP contribution is -2.04. The molecule has 0 aliphatic rings. The van der Waals surface area contributed by atoms with Crippen molar-refractivity contribution in [3.8, 4) is 0 Å². The van der Waals surface area contributed by atoms with Crippen molar-refractivity contribution < 1.29 is 13.0 Å². The summed E-state index contributed by atoms with van der Waals surface area (Å²) in [6.45, 7) is 13.7. The van der Waals surface area contributed by atoms with Crippen molar-refractivity contribution in [1.82, 2.24) is 0 Å². The van der Waals surface area contributed by atoms with Crippen molar-refractivity contribution in [3.05, 3.63) is 29.3 Å². The lowest BCUT2D eigenvalue weighted by Gasteiger charge is -2.16. The van der Waals surface area contributed by atoms with Crippen LogP contribution in [0.4, 0.5) is 0 Å². The fourth-order valence-electron chi connectivity index (χ4n) is 4.42. The molecular formula is C27H48O3S. The molecule has 0 saturated heterocycles. The van der Waals surface area contributed by atoms with E-state index in [1.54, 1.807) is 12.1 Å². The lowest BCUT2D eigenvalue weighted by molar-refractivity contribution is 0.374. The molecule has 0 aliphatic heterocycles. The Hall–Kier alpha value is -0.870. The second-order valence-electron chi connectivity index (χ2n) is 10.6. The molecule has 0 amide bonds. The molecule has 0 saturated carbocycles. The van der Waals surface area contributed by atoms with E-state index in [-0.39, 0.29) is 4.90 Å². The van der Waals surface area contributed by atoms with Crippen LogP contribution in [-0.4, -0.2) is 13.0 Å². The van der Waals surface area contributed by atoms with E-state index in [0.29, 0.717) is 5.92 Å². The molecule has 31 heavy (non-hydrogen) atoms. The third-order valence-corrected chi connectivity index (χ3v) is 7.64. The van der Waals surface area contributed by atoms with Gasteiger partial charge in [-0.15, -0.1) is 0 Å². The average Bonchev–Trinajstić information content (AvgIpc) is 2.66.